The van der Waals surface area contributed by atoms with Crippen molar-refractivity contribution < 1.29 is 23.4 Å². The summed E-state index contributed by atoms with van der Waals surface area (Å²) in [5.41, 5.74) is -0.420. The van der Waals surface area contributed by atoms with Crippen LogP contribution in [0, 0.1) is 0 Å². The van der Waals surface area contributed by atoms with Gasteiger partial charge in [0.15, 0.2) is 0 Å². The van der Waals surface area contributed by atoms with Gasteiger partial charge in [0.2, 0.25) is 0 Å². The highest BCUT2D eigenvalue weighted by Crippen LogP contribution is 2.31. The molecule has 2 rings (SSSR count). The van der Waals surface area contributed by atoms with E-state index in [0.29, 0.717) is 0 Å². The number of rotatable bonds is 2. The summed E-state index contributed by atoms with van der Waals surface area (Å²) in [6, 6.07) is 4.37. The summed E-state index contributed by atoms with van der Waals surface area (Å²) in [6.45, 7) is 0.897. The Hall–Kier alpha value is -1.69. The second kappa shape index (κ2) is 4.89. The van der Waals surface area contributed by atoms with Gasteiger partial charge in [0.1, 0.15) is 5.75 Å². The Morgan fingerprint density at radius 1 is 1.22 bits per heavy atom. The lowest BCUT2D eigenvalue weighted by molar-refractivity contribution is -0.163. The lowest BCUT2D eigenvalue weighted by atomic mass is 10.1. The molecule has 1 saturated heterocycles. The van der Waals surface area contributed by atoms with Gasteiger partial charge in [0.25, 0.3) is 5.91 Å². The first-order valence-corrected chi connectivity index (χ1v) is 5.56. The number of hydrogen-bond acceptors (Lipinski definition) is 3. The van der Waals surface area contributed by atoms with E-state index in [-0.39, 0.29) is 32.1 Å². The maximum absolute atomic E-state index is 14.0. The Morgan fingerprint density at radius 2 is 1.78 bits per heavy atom. The number of ether oxygens (including phenoxy) is 1. The van der Waals surface area contributed by atoms with Crippen molar-refractivity contribution >= 4 is 5.91 Å². The number of halogens is 2. The van der Waals surface area contributed by atoms with Crippen LogP contribution in [-0.4, -0.2) is 42.2 Å². The van der Waals surface area contributed by atoms with E-state index in [0.717, 1.165) is 29.2 Å². The van der Waals surface area contributed by atoms with Crippen molar-refractivity contribution in [3.63, 3.8) is 0 Å². The van der Waals surface area contributed by atoms with Crippen molar-refractivity contribution in [3.05, 3.63) is 29.8 Å². The van der Waals surface area contributed by atoms with E-state index in [2.05, 4.69) is 0 Å². The van der Waals surface area contributed by atoms with Gasteiger partial charge in [-0.25, -0.2) is 0 Å². The zero-order valence-corrected chi connectivity index (χ0v) is 9.60. The van der Waals surface area contributed by atoms with E-state index in [1.807, 2.05) is 0 Å². The fourth-order valence-electron chi connectivity index (χ4n) is 1.76. The number of aromatic hydroxyl groups is 1. The average molecular weight is 257 g/mol. The monoisotopic (exact) mass is 257 g/mol. The van der Waals surface area contributed by atoms with Crippen molar-refractivity contribution in [1.82, 2.24) is 4.90 Å². The normalized spacial score (nSPS) is 16.7. The van der Waals surface area contributed by atoms with Gasteiger partial charge >= 0.3 is 5.92 Å². The summed E-state index contributed by atoms with van der Waals surface area (Å²) in [5, 5.41) is 9.05. The molecule has 0 aliphatic carbocycles. The molecule has 4 nitrogen and oxygen atoms in total. The summed E-state index contributed by atoms with van der Waals surface area (Å²) in [6.07, 6.45) is 0. The molecule has 1 aliphatic rings. The van der Waals surface area contributed by atoms with Gasteiger partial charge < -0.3 is 14.7 Å². The zero-order chi connectivity index (χ0) is 13.2. The molecule has 0 saturated carbocycles. The number of phenolic OH excluding ortho intramolecular Hbond substituents is 1. The number of alkyl halides is 2. The van der Waals surface area contributed by atoms with Gasteiger partial charge in [-0.2, -0.15) is 8.78 Å². The minimum absolute atomic E-state index is 0.117. The van der Waals surface area contributed by atoms with Crippen LogP contribution in [0.2, 0.25) is 0 Å². The Balaban J connectivity index is 2.18. The molecule has 0 aromatic heterocycles. The van der Waals surface area contributed by atoms with E-state index >= 15 is 0 Å². The third-order valence-corrected chi connectivity index (χ3v) is 2.80. The number of carbonyl (C=O) groups is 1. The fourth-order valence-corrected chi connectivity index (χ4v) is 1.76. The van der Waals surface area contributed by atoms with Crippen LogP contribution in [0.5, 0.6) is 5.75 Å². The summed E-state index contributed by atoms with van der Waals surface area (Å²) < 4.78 is 32.9. The van der Waals surface area contributed by atoms with Gasteiger partial charge in [-0.3, -0.25) is 4.79 Å². The topological polar surface area (TPSA) is 49.8 Å². The minimum atomic E-state index is -3.58. The van der Waals surface area contributed by atoms with Crippen LogP contribution in [0.15, 0.2) is 24.3 Å². The van der Waals surface area contributed by atoms with Crippen LogP contribution in [0.1, 0.15) is 5.56 Å². The quantitative estimate of drug-likeness (QED) is 0.870. The van der Waals surface area contributed by atoms with Crippen LogP contribution >= 0.6 is 0 Å². The highest BCUT2D eigenvalue weighted by molar-refractivity contribution is 5.85. The average Bonchev–Trinajstić information content (AvgIpc) is 2.39. The molecule has 0 radical (unpaired) electrons. The number of amides is 1. The van der Waals surface area contributed by atoms with Crippen molar-refractivity contribution in [2.45, 2.75) is 5.92 Å². The molecule has 6 heteroatoms. The molecular formula is C12H13F2NO3. The first-order chi connectivity index (χ1) is 8.51. The maximum Gasteiger partial charge on any atom is 0.349 e. The first-order valence-electron chi connectivity index (χ1n) is 5.56. The molecule has 1 aliphatic heterocycles. The molecule has 0 unspecified atom stereocenters. The highest BCUT2D eigenvalue weighted by Gasteiger charge is 2.44. The Kier molecular flexibility index (Phi) is 3.47. The number of morpholine rings is 1. The van der Waals surface area contributed by atoms with Crippen LogP contribution in [0.3, 0.4) is 0 Å². The summed E-state index contributed by atoms with van der Waals surface area (Å²) in [5.74, 6) is -4.92. The summed E-state index contributed by atoms with van der Waals surface area (Å²) in [4.78, 5) is 12.9. The van der Waals surface area contributed by atoms with Crippen molar-refractivity contribution in [2.75, 3.05) is 26.3 Å². The number of carbonyl (C=O) groups excluding carboxylic acids is 1. The molecule has 1 N–H and O–H groups in total. The summed E-state index contributed by atoms with van der Waals surface area (Å²) in [7, 11) is 0. The second-order valence-corrected chi connectivity index (χ2v) is 4.03. The van der Waals surface area contributed by atoms with Crippen LogP contribution < -0.4 is 0 Å². The maximum atomic E-state index is 14.0. The van der Waals surface area contributed by atoms with Gasteiger partial charge in [0, 0.05) is 18.7 Å². The Bertz CT molecular complexity index is 427. The predicted octanol–water partition coefficient (Wildman–Crippen LogP) is 1.34. The summed E-state index contributed by atoms with van der Waals surface area (Å²) >= 11 is 0. The molecule has 1 amide bonds. The first kappa shape index (κ1) is 12.8. The predicted molar refractivity (Wildman–Crippen MR) is 59.4 cm³/mol. The van der Waals surface area contributed by atoms with Crippen LogP contribution in [-0.2, 0) is 15.5 Å². The molecule has 1 aromatic carbocycles. The fraction of sp³-hybridized carbons (Fsp3) is 0.417. The molecule has 0 atom stereocenters. The van der Waals surface area contributed by atoms with Gasteiger partial charge in [-0.15, -0.1) is 0 Å². The zero-order valence-electron chi connectivity index (χ0n) is 9.60. The molecule has 1 heterocycles. The number of benzene rings is 1. The highest BCUT2D eigenvalue weighted by atomic mass is 19.3. The lowest BCUT2D eigenvalue weighted by Gasteiger charge is -2.30. The van der Waals surface area contributed by atoms with Gasteiger partial charge in [-0.05, 0) is 24.3 Å². The molecule has 1 fully saturated rings. The van der Waals surface area contributed by atoms with Crippen molar-refractivity contribution in [2.24, 2.45) is 0 Å². The second-order valence-electron chi connectivity index (χ2n) is 4.03. The molecule has 18 heavy (non-hydrogen) atoms. The van der Waals surface area contributed by atoms with Crippen molar-refractivity contribution in [1.29, 1.82) is 0 Å². The number of nitrogens with zero attached hydrogens (tertiary/aromatic N) is 1. The van der Waals surface area contributed by atoms with E-state index in [4.69, 9.17) is 9.84 Å². The molecule has 0 spiro atoms. The van der Waals surface area contributed by atoms with E-state index < -0.39 is 17.4 Å². The molecule has 98 valence electrons. The van der Waals surface area contributed by atoms with Gasteiger partial charge in [-0.1, -0.05) is 0 Å². The van der Waals surface area contributed by atoms with Crippen molar-refractivity contribution in [3.8, 4) is 5.75 Å². The van der Waals surface area contributed by atoms with E-state index in [1.54, 1.807) is 0 Å². The van der Waals surface area contributed by atoms with E-state index in [9.17, 15) is 13.6 Å². The third-order valence-electron chi connectivity index (χ3n) is 2.80. The Morgan fingerprint density at radius 3 is 2.33 bits per heavy atom. The SMILES string of the molecule is O=C(N1CCOCC1)C(F)(F)c1ccc(O)cc1. The number of phenols is 1. The van der Waals surface area contributed by atoms with Crippen LogP contribution in [0.4, 0.5) is 8.78 Å². The standard InChI is InChI=1S/C12H13F2NO3/c13-12(14,9-1-3-10(16)4-2-9)11(17)15-5-7-18-8-6-15/h1-4,16H,5-8H2. The van der Waals surface area contributed by atoms with E-state index in [1.165, 1.54) is 0 Å². The molecule has 1 aromatic rings. The molecule has 0 bridgehead atoms. The Labute approximate surface area is 103 Å². The lowest BCUT2D eigenvalue weighted by Crippen LogP contribution is -2.47. The smallest absolute Gasteiger partial charge is 0.349 e. The van der Waals surface area contributed by atoms with Crippen LogP contribution in [0.25, 0.3) is 0 Å². The number of hydrogen-bond donors (Lipinski definition) is 1. The third kappa shape index (κ3) is 2.43. The minimum Gasteiger partial charge on any atom is -0.508 e. The molecular weight excluding hydrogens is 244 g/mol. The van der Waals surface area contributed by atoms with Gasteiger partial charge in [0.05, 0.1) is 13.2 Å². The largest absolute Gasteiger partial charge is 0.508 e.